The van der Waals surface area contributed by atoms with Crippen LogP contribution >= 0.6 is 31.9 Å². The minimum atomic E-state index is -0.815. The van der Waals surface area contributed by atoms with Crippen LogP contribution in [-0.2, 0) is 9.53 Å². The smallest absolute Gasteiger partial charge is 0.346 e. The Hall–Kier alpha value is -2.72. The Morgan fingerprint density at radius 1 is 1.18 bits per heavy atom. The van der Waals surface area contributed by atoms with Gasteiger partial charge in [0.1, 0.15) is 5.82 Å². The van der Waals surface area contributed by atoms with Crippen molar-refractivity contribution in [2.24, 2.45) is 5.10 Å². The number of ether oxygens (including phenoxy) is 3. The maximum absolute atomic E-state index is 13.3. The molecule has 0 aliphatic heterocycles. The molecule has 0 saturated heterocycles. The molecule has 1 aromatic heterocycles. The lowest BCUT2D eigenvalue weighted by Crippen LogP contribution is -2.25. The van der Waals surface area contributed by atoms with Gasteiger partial charge in [-0.2, -0.15) is 9.78 Å². The number of esters is 1. The summed E-state index contributed by atoms with van der Waals surface area (Å²) in [7, 11) is 2.79. The van der Waals surface area contributed by atoms with Crippen molar-refractivity contribution in [3.05, 3.63) is 61.0 Å². The molecule has 0 unspecified atom stereocenters. The van der Waals surface area contributed by atoms with E-state index >= 15 is 0 Å². The van der Waals surface area contributed by atoms with E-state index in [0.717, 1.165) is 10.9 Å². The molecular formula is C24H25Br2N3O5. The molecule has 3 rings (SSSR count). The molecule has 0 fully saturated rings. The van der Waals surface area contributed by atoms with Gasteiger partial charge in [0.25, 0.3) is 5.56 Å². The van der Waals surface area contributed by atoms with E-state index in [1.54, 1.807) is 31.3 Å². The van der Waals surface area contributed by atoms with Gasteiger partial charge in [0.2, 0.25) is 0 Å². The third-order valence-electron chi connectivity index (χ3n) is 5.32. The molecule has 2 atom stereocenters. The fourth-order valence-electron chi connectivity index (χ4n) is 3.20. The summed E-state index contributed by atoms with van der Waals surface area (Å²) in [5.41, 5.74) is 1.01. The van der Waals surface area contributed by atoms with Crippen LogP contribution in [0.4, 0.5) is 0 Å². The average molecular weight is 595 g/mol. The second-order valence-electron chi connectivity index (χ2n) is 7.61. The first-order chi connectivity index (χ1) is 16.2. The standard InChI is InChI=1S/C24H25Br2N3O5/c1-6-13(2)22-28-19-8-7-16(25)10-17(19)23(30)29(22)27-12-15-9-20(32-4)21(11-18(15)26)34-14(3)24(31)33-5/h7-14H,6H2,1-5H3/t13-,14-/m0/s1. The van der Waals surface area contributed by atoms with Gasteiger partial charge in [-0.3, -0.25) is 4.79 Å². The van der Waals surface area contributed by atoms with E-state index < -0.39 is 12.1 Å². The quantitative estimate of drug-likeness (QED) is 0.261. The Morgan fingerprint density at radius 3 is 2.56 bits per heavy atom. The van der Waals surface area contributed by atoms with E-state index in [4.69, 9.17) is 19.2 Å². The first-order valence-corrected chi connectivity index (χ1v) is 12.2. The van der Waals surface area contributed by atoms with E-state index in [1.807, 2.05) is 26.0 Å². The van der Waals surface area contributed by atoms with E-state index in [9.17, 15) is 9.59 Å². The number of benzene rings is 2. The largest absolute Gasteiger partial charge is 0.493 e. The fourth-order valence-corrected chi connectivity index (χ4v) is 3.99. The molecule has 2 aromatic carbocycles. The number of aromatic nitrogens is 2. The zero-order chi connectivity index (χ0) is 25.0. The van der Waals surface area contributed by atoms with Crippen molar-refractivity contribution in [1.29, 1.82) is 0 Å². The van der Waals surface area contributed by atoms with E-state index in [-0.39, 0.29) is 11.5 Å². The fraction of sp³-hybridized carbons (Fsp3) is 0.333. The Labute approximate surface area is 214 Å². The molecule has 0 aliphatic carbocycles. The monoisotopic (exact) mass is 593 g/mol. The van der Waals surface area contributed by atoms with Crippen molar-refractivity contribution in [3.8, 4) is 11.5 Å². The lowest BCUT2D eigenvalue weighted by atomic mass is 10.1. The summed E-state index contributed by atoms with van der Waals surface area (Å²) in [5.74, 6) is 0.853. The van der Waals surface area contributed by atoms with Gasteiger partial charge in [0.05, 0.1) is 31.3 Å². The lowest BCUT2D eigenvalue weighted by molar-refractivity contribution is -0.147. The number of hydrogen-bond acceptors (Lipinski definition) is 7. The van der Waals surface area contributed by atoms with Crippen LogP contribution in [0.3, 0.4) is 0 Å². The van der Waals surface area contributed by atoms with Crippen molar-refractivity contribution in [2.75, 3.05) is 14.2 Å². The number of methoxy groups -OCH3 is 2. The van der Waals surface area contributed by atoms with Crippen LogP contribution in [0.2, 0.25) is 0 Å². The summed E-state index contributed by atoms with van der Waals surface area (Å²) in [6, 6.07) is 8.79. The summed E-state index contributed by atoms with van der Waals surface area (Å²) in [6.07, 6.45) is 1.54. The van der Waals surface area contributed by atoms with Gasteiger partial charge in [-0.25, -0.2) is 9.78 Å². The number of carbonyl (C=O) groups is 1. The molecule has 0 spiro atoms. The highest BCUT2D eigenvalue weighted by Crippen LogP contribution is 2.34. The van der Waals surface area contributed by atoms with Gasteiger partial charge in [-0.15, -0.1) is 0 Å². The third-order valence-corrected chi connectivity index (χ3v) is 6.50. The van der Waals surface area contributed by atoms with E-state index in [0.29, 0.717) is 38.3 Å². The Balaban J connectivity index is 2.08. The van der Waals surface area contributed by atoms with E-state index in [1.165, 1.54) is 18.9 Å². The molecule has 0 bridgehead atoms. The number of carbonyl (C=O) groups excluding carboxylic acids is 1. The van der Waals surface area contributed by atoms with Gasteiger partial charge in [-0.1, -0.05) is 29.8 Å². The highest BCUT2D eigenvalue weighted by molar-refractivity contribution is 9.10. The molecule has 3 aromatic rings. The first-order valence-electron chi connectivity index (χ1n) is 10.6. The molecule has 0 amide bonds. The van der Waals surface area contributed by atoms with Crippen molar-refractivity contribution in [2.45, 2.75) is 39.2 Å². The number of rotatable bonds is 8. The highest BCUT2D eigenvalue weighted by Gasteiger charge is 2.19. The molecule has 34 heavy (non-hydrogen) atoms. The molecule has 0 saturated carbocycles. The van der Waals surface area contributed by atoms with Crippen LogP contribution in [0.25, 0.3) is 10.9 Å². The second kappa shape index (κ2) is 11.1. The lowest BCUT2D eigenvalue weighted by Gasteiger charge is -2.16. The molecule has 0 radical (unpaired) electrons. The number of halogens is 2. The van der Waals surface area contributed by atoms with E-state index in [2.05, 4.69) is 37.0 Å². The van der Waals surface area contributed by atoms with Gasteiger partial charge >= 0.3 is 5.97 Å². The number of hydrogen-bond donors (Lipinski definition) is 0. The molecule has 0 aliphatic rings. The Bertz CT molecular complexity index is 1310. The van der Waals surface area contributed by atoms with Gasteiger partial charge < -0.3 is 14.2 Å². The summed E-state index contributed by atoms with van der Waals surface area (Å²) < 4.78 is 18.6. The number of fused-ring (bicyclic) bond motifs is 1. The molecule has 8 nitrogen and oxygen atoms in total. The first kappa shape index (κ1) is 25.9. The maximum atomic E-state index is 13.3. The number of nitrogens with zero attached hydrogens (tertiary/aromatic N) is 3. The van der Waals surface area contributed by atoms with Crippen molar-refractivity contribution in [1.82, 2.24) is 9.66 Å². The van der Waals surface area contributed by atoms with Crippen molar-refractivity contribution < 1.29 is 19.0 Å². The zero-order valence-electron chi connectivity index (χ0n) is 19.5. The van der Waals surface area contributed by atoms with Crippen LogP contribution in [0.15, 0.2) is 49.2 Å². The maximum Gasteiger partial charge on any atom is 0.346 e. The van der Waals surface area contributed by atoms with Gasteiger partial charge in [0, 0.05) is 20.4 Å². The van der Waals surface area contributed by atoms with Gasteiger partial charge in [-0.05, 0) is 59.6 Å². The predicted molar refractivity (Wildman–Crippen MR) is 138 cm³/mol. The molecule has 180 valence electrons. The minimum Gasteiger partial charge on any atom is -0.493 e. The average Bonchev–Trinajstić information content (AvgIpc) is 2.83. The summed E-state index contributed by atoms with van der Waals surface area (Å²) in [4.78, 5) is 29.7. The third kappa shape index (κ3) is 5.50. The Kier molecular flexibility index (Phi) is 8.48. The van der Waals surface area contributed by atoms with Crippen LogP contribution in [0.5, 0.6) is 11.5 Å². The van der Waals surface area contributed by atoms with Crippen LogP contribution in [-0.4, -0.2) is 42.2 Å². The normalized spacial score (nSPS) is 13.1. The van der Waals surface area contributed by atoms with Gasteiger partial charge in [0.15, 0.2) is 17.6 Å². The summed E-state index contributed by atoms with van der Waals surface area (Å²) in [6.45, 7) is 5.63. The molecular weight excluding hydrogens is 570 g/mol. The molecule has 0 N–H and O–H groups in total. The second-order valence-corrected chi connectivity index (χ2v) is 9.38. The Morgan fingerprint density at radius 2 is 1.91 bits per heavy atom. The molecule has 1 heterocycles. The summed E-state index contributed by atoms with van der Waals surface area (Å²) in [5, 5.41) is 4.96. The molecule has 10 heteroatoms. The summed E-state index contributed by atoms with van der Waals surface area (Å²) >= 11 is 6.92. The highest BCUT2D eigenvalue weighted by atomic mass is 79.9. The topological polar surface area (TPSA) is 92.0 Å². The van der Waals surface area contributed by atoms with Crippen LogP contribution in [0.1, 0.15) is 44.5 Å². The predicted octanol–water partition coefficient (Wildman–Crippen LogP) is 5.27. The van der Waals surface area contributed by atoms with Crippen molar-refractivity contribution >= 4 is 54.9 Å². The minimum absolute atomic E-state index is 0.0199. The van der Waals surface area contributed by atoms with Crippen LogP contribution < -0.4 is 15.0 Å². The SMILES string of the molecule is CC[C@H](C)c1nc2ccc(Br)cc2c(=O)n1N=Cc1cc(OC)c(O[C@@H](C)C(=O)OC)cc1Br. The van der Waals surface area contributed by atoms with Crippen molar-refractivity contribution in [3.63, 3.8) is 0 Å². The zero-order valence-corrected chi connectivity index (χ0v) is 22.6. The van der Waals surface area contributed by atoms with Crippen LogP contribution in [0, 0.1) is 0 Å².